The number of aromatic nitrogens is 4. The second-order valence-electron chi connectivity index (χ2n) is 17.3. The van der Waals surface area contributed by atoms with E-state index in [2.05, 4.69) is 30.9 Å². The molecule has 0 aliphatic carbocycles. The molecule has 15 nitrogen and oxygen atoms in total. The molecule has 2 aliphatic rings. The highest BCUT2D eigenvalue weighted by atomic mass is 32.2. The van der Waals surface area contributed by atoms with Gasteiger partial charge in [0.15, 0.2) is 22.1 Å². The first-order valence-corrected chi connectivity index (χ1v) is 26.6. The van der Waals surface area contributed by atoms with Crippen molar-refractivity contribution < 1.29 is 33.5 Å². The van der Waals surface area contributed by atoms with Gasteiger partial charge in [-0.1, -0.05) is 169 Å². The highest BCUT2D eigenvalue weighted by Gasteiger charge is 2.55. The predicted octanol–water partition coefficient (Wildman–Crippen LogP) is 9.76. The number of oxime groups is 1. The lowest BCUT2D eigenvalue weighted by molar-refractivity contribution is -0.154. The van der Waals surface area contributed by atoms with E-state index in [1.807, 2.05) is 152 Å². The van der Waals surface area contributed by atoms with Gasteiger partial charge in [-0.05, 0) is 31.9 Å². The van der Waals surface area contributed by atoms with Crippen molar-refractivity contribution in [1.82, 2.24) is 30.0 Å². The monoisotopic (exact) mass is 1040 g/mol. The lowest BCUT2D eigenvalue weighted by Crippen LogP contribution is -2.71. The number of carbonyl (C=O) groups is 4. The van der Waals surface area contributed by atoms with Gasteiger partial charge in [-0.25, -0.2) is 24.2 Å². The van der Waals surface area contributed by atoms with E-state index in [4.69, 9.17) is 14.3 Å². The van der Waals surface area contributed by atoms with Crippen molar-refractivity contribution in [3.05, 3.63) is 207 Å². The number of β-lactam (4-membered cyclic amide) rings is 1. The van der Waals surface area contributed by atoms with Gasteiger partial charge in [0.05, 0.1) is 5.08 Å². The molecule has 0 spiro atoms. The smallest absolute Gasteiger partial charge is 0.413 e. The number of nitrogens with one attached hydrogen (secondary N) is 2. The van der Waals surface area contributed by atoms with Gasteiger partial charge in [0.2, 0.25) is 5.60 Å². The van der Waals surface area contributed by atoms with E-state index in [1.54, 1.807) is 37.9 Å². The van der Waals surface area contributed by atoms with Gasteiger partial charge in [0.25, 0.3) is 11.8 Å². The lowest BCUT2D eigenvalue weighted by atomic mass is 9.80. The molecule has 0 saturated carbocycles. The number of hydrogen-bond donors (Lipinski definition) is 2. The van der Waals surface area contributed by atoms with Crippen molar-refractivity contribution >= 4 is 81.3 Å². The molecule has 5 aromatic carbocycles. The summed E-state index contributed by atoms with van der Waals surface area (Å²) in [5.74, 6) is -1.67. The minimum atomic E-state index is -1.39. The Morgan fingerprint density at radius 2 is 1.36 bits per heavy atom. The summed E-state index contributed by atoms with van der Waals surface area (Å²) < 4.78 is 13.5. The van der Waals surface area contributed by atoms with Crippen LogP contribution in [-0.2, 0) is 41.3 Å². The quantitative estimate of drug-likeness (QED) is 0.0168. The van der Waals surface area contributed by atoms with Gasteiger partial charge < -0.3 is 19.6 Å². The highest BCUT2D eigenvalue weighted by molar-refractivity contribution is 8.18. The Hall–Kier alpha value is -7.19. The number of ether oxygens (including phenoxy) is 2. The van der Waals surface area contributed by atoms with E-state index >= 15 is 0 Å². The SMILES string of the molecule is Cn1ncnc1SCSC1=C(C(=O)OC(c2ccccc2)c2ccccc2)N2C(=O)[C@@H](NC(=O)/C(=N/OC(c3ccccc3)(c3ccccc3)c3ccccc3)c3csc(NC(=O)OC(C)(C)C)n3)[C@H]2SC1. The van der Waals surface area contributed by atoms with Gasteiger partial charge in [-0.2, -0.15) is 5.10 Å². The van der Waals surface area contributed by atoms with Crippen molar-refractivity contribution in [1.29, 1.82) is 0 Å². The minimum absolute atomic E-state index is 0.0581. The zero-order valence-corrected chi connectivity index (χ0v) is 42.7. The third kappa shape index (κ3) is 11.0. The maximum absolute atomic E-state index is 15.0. The zero-order valence-electron chi connectivity index (χ0n) is 39.4. The van der Waals surface area contributed by atoms with Crippen LogP contribution in [0, 0.1) is 0 Å². The molecule has 4 heterocycles. The Morgan fingerprint density at radius 1 is 0.806 bits per heavy atom. The first-order chi connectivity index (χ1) is 34.9. The normalized spacial score (nSPS) is 15.9. The fraction of sp³-hybridized carbons (Fsp3) is 0.208. The fourth-order valence-corrected chi connectivity index (χ4v) is 12.4. The van der Waals surface area contributed by atoms with Crippen molar-refractivity contribution in [3.63, 3.8) is 0 Å². The van der Waals surface area contributed by atoms with E-state index in [0.29, 0.717) is 20.9 Å². The molecule has 1 saturated heterocycles. The first kappa shape index (κ1) is 49.8. The summed E-state index contributed by atoms with van der Waals surface area (Å²) in [5, 5.41) is 16.5. The Morgan fingerprint density at radius 3 is 1.89 bits per heavy atom. The molecule has 0 unspecified atom stereocenters. The first-order valence-electron chi connectivity index (χ1n) is 22.7. The molecule has 366 valence electrons. The van der Waals surface area contributed by atoms with Gasteiger partial charge in [0.1, 0.15) is 34.7 Å². The van der Waals surface area contributed by atoms with Crippen LogP contribution in [0.1, 0.15) is 60.4 Å². The van der Waals surface area contributed by atoms with Crippen molar-refractivity contribution in [2.45, 2.75) is 54.6 Å². The molecule has 0 bridgehead atoms. The van der Waals surface area contributed by atoms with E-state index in [0.717, 1.165) is 39.2 Å². The summed E-state index contributed by atoms with van der Waals surface area (Å²) in [4.78, 5) is 75.0. The largest absolute Gasteiger partial charge is 0.448 e. The summed E-state index contributed by atoms with van der Waals surface area (Å²) >= 11 is 5.31. The van der Waals surface area contributed by atoms with Gasteiger partial charge in [-0.3, -0.25) is 19.8 Å². The fourth-order valence-electron chi connectivity index (χ4n) is 8.04. The molecule has 2 aromatic heterocycles. The van der Waals surface area contributed by atoms with Gasteiger partial charge in [0, 0.05) is 39.8 Å². The van der Waals surface area contributed by atoms with E-state index in [9.17, 15) is 19.2 Å². The summed E-state index contributed by atoms with van der Waals surface area (Å²) in [6, 6.07) is 46.3. The van der Waals surface area contributed by atoms with Crippen LogP contribution in [0.5, 0.6) is 0 Å². The highest BCUT2D eigenvalue weighted by Crippen LogP contribution is 2.46. The van der Waals surface area contributed by atoms with Crippen molar-refractivity contribution in [2.24, 2.45) is 12.2 Å². The molecule has 2 N–H and O–H groups in total. The van der Waals surface area contributed by atoms with E-state index in [1.165, 1.54) is 46.5 Å². The minimum Gasteiger partial charge on any atom is -0.448 e. The molecule has 19 heteroatoms. The van der Waals surface area contributed by atoms with Gasteiger partial charge in [-0.15, -0.1) is 34.9 Å². The van der Waals surface area contributed by atoms with Crippen LogP contribution in [0.3, 0.4) is 0 Å². The summed E-state index contributed by atoms with van der Waals surface area (Å²) in [6.07, 6.45) is -0.0494. The van der Waals surface area contributed by atoms with Crippen LogP contribution in [0.15, 0.2) is 184 Å². The Bertz CT molecular complexity index is 2960. The second-order valence-corrected chi connectivity index (χ2v) is 21.6. The van der Waals surface area contributed by atoms with Crippen LogP contribution in [0.25, 0.3) is 0 Å². The summed E-state index contributed by atoms with van der Waals surface area (Å²) in [7, 11) is 1.80. The molecular weight excluding hydrogens is 989 g/mol. The van der Waals surface area contributed by atoms with Crippen LogP contribution < -0.4 is 10.6 Å². The average Bonchev–Trinajstić information content (AvgIpc) is 4.04. The Labute approximate surface area is 432 Å². The number of carbonyl (C=O) groups excluding carboxylic acids is 4. The Balaban J connectivity index is 1.06. The second kappa shape index (κ2) is 22.1. The molecule has 2 atom stereocenters. The van der Waals surface area contributed by atoms with Crippen LogP contribution in [0.4, 0.5) is 9.93 Å². The zero-order chi connectivity index (χ0) is 50.2. The van der Waals surface area contributed by atoms with Crippen molar-refractivity contribution in [2.75, 3.05) is 16.2 Å². The summed E-state index contributed by atoms with van der Waals surface area (Å²) in [5.41, 5.74) is 1.37. The number of thiazole rings is 1. The number of benzene rings is 5. The molecule has 0 radical (unpaired) electrons. The Kier molecular flexibility index (Phi) is 15.3. The number of esters is 1. The number of anilines is 1. The summed E-state index contributed by atoms with van der Waals surface area (Å²) in [6.45, 7) is 5.23. The van der Waals surface area contributed by atoms with E-state index in [-0.39, 0.29) is 22.2 Å². The lowest BCUT2D eigenvalue weighted by Gasteiger charge is -2.49. The molecule has 2 aliphatic heterocycles. The number of hydrogen-bond acceptors (Lipinski definition) is 15. The average molecular weight is 1040 g/mol. The standard InChI is InChI=1S/C53H48N8O7S4/c1-52(2,3)67-51(65)58-49-56-39(30-70-49)41(59-68-53(36-24-14-7-15-25-36,37-26-16-8-17-27-37)38-28-18-9-19-29-38)45(62)57-42-46(63)61-43(40(31-69-47(42)61)71-33-72-50-54-32-55-60(50)4)48(64)66-44(34-20-10-5-11-21-34)35-22-12-6-13-23-35/h5-30,32,42,44,47H,31,33H2,1-4H3,(H,57,62)(H,56,58,65)/b59-41+/t42-,47-/m1/s1. The predicted molar refractivity (Wildman–Crippen MR) is 281 cm³/mol. The van der Waals surface area contributed by atoms with Gasteiger partial charge >= 0.3 is 12.1 Å². The maximum atomic E-state index is 15.0. The number of amides is 3. The molecule has 7 aromatic rings. The van der Waals surface area contributed by atoms with Crippen LogP contribution >= 0.6 is 46.6 Å². The molecular formula is C53H48N8O7S4. The maximum Gasteiger partial charge on any atom is 0.413 e. The number of nitrogens with zero attached hydrogens (tertiary/aromatic N) is 6. The van der Waals surface area contributed by atoms with Crippen LogP contribution in [0.2, 0.25) is 0 Å². The number of aryl methyl sites for hydroxylation is 1. The topological polar surface area (TPSA) is 179 Å². The van der Waals surface area contributed by atoms with Crippen LogP contribution in [-0.4, -0.2) is 82.1 Å². The molecule has 3 amide bonds. The van der Waals surface area contributed by atoms with E-state index < -0.39 is 52.6 Å². The number of fused-ring (bicyclic) bond motifs is 1. The molecule has 72 heavy (non-hydrogen) atoms. The van der Waals surface area contributed by atoms with Crippen molar-refractivity contribution in [3.8, 4) is 0 Å². The third-order valence-electron chi connectivity index (χ3n) is 11.3. The number of rotatable bonds is 17. The molecule has 1 fully saturated rings. The number of thioether (sulfide) groups is 3. The molecule has 9 rings (SSSR count). The third-order valence-corrected chi connectivity index (χ3v) is 15.8.